The molecule has 8 heteroatoms. The number of benzene rings is 2. The third kappa shape index (κ3) is 5.73. The van der Waals surface area contributed by atoms with Gasteiger partial charge < -0.3 is 5.32 Å². The summed E-state index contributed by atoms with van der Waals surface area (Å²) in [6.07, 6.45) is 0.122. The standard InChI is InChI=1S/C26H28Cl2FNO3S/c1-4-34(32,33)20-12-10-18(11-13-20)14-22(31)30-26(15-17(2)3)16-21(27)23(24(28)25(26)29)19-8-6-5-7-9-19/h5-13,16-17,25H,4,14-15H2,1-3H3,(H,30,31). The summed E-state index contributed by atoms with van der Waals surface area (Å²) >= 11 is 13.1. The van der Waals surface area contributed by atoms with Crippen LogP contribution in [0.5, 0.6) is 0 Å². The zero-order valence-corrected chi connectivity index (χ0v) is 21.6. The van der Waals surface area contributed by atoms with E-state index in [1.807, 2.05) is 32.0 Å². The molecule has 0 bridgehead atoms. The molecule has 2 atom stereocenters. The van der Waals surface area contributed by atoms with Crippen molar-refractivity contribution < 1.29 is 17.6 Å². The van der Waals surface area contributed by atoms with Crippen molar-refractivity contribution in [1.82, 2.24) is 5.32 Å². The number of alkyl halides is 1. The molecule has 0 aliphatic heterocycles. The molecule has 1 aliphatic rings. The number of nitrogens with one attached hydrogen (secondary N) is 1. The molecule has 3 rings (SSSR count). The Hall–Kier alpha value is -2.15. The maximum absolute atomic E-state index is 15.9. The van der Waals surface area contributed by atoms with Crippen LogP contribution in [0.3, 0.4) is 0 Å². The number of carbonyl (C=O) groups excluding carboxylic acids is 1. The first kappa shape index (κ1) is 26.5. The number of halogens is 3. The average Bonchev–Trinajstić information content (AvgIpc) is 2.78. The highest BCUT2D eigenvalue weighted by atomic mass is 35.5. The monoisotopic (exact) mass is 523 g/mol. The fraction of sp³-hybridized carbons (Fsp3) is 0.346. The van der Waals surface area contributed by atoms with E-state index in [-0.39, 0.29) is 33.1 Å². The molecule has 2 unspecified atom stereocenters. The molecular formula is C26H28Cl2FNO3S. The van der Waals surface area contributed by atoms with Crippen molar-refractivity contribution >= 4 is 44.5 Å². The Balaban J connectivity index is 1.88. The summed E-state index contributed by atoms with van der Waals surface area (Å²) in [5, 5.41) is 3.07. The van der Waals surface area contributed by atoms with Gasteiger partial charge in [0.05, 0.1) is 27.6 Å². The molecule has 0 saturated carbocycles. The lowest BCUT2D eigenvalue weighted by atomic mass is 9.78. The quantitative estimate of drug-likeness (QED) is 0.458. The molecule has 2 aromatic carbocycles. The van der Waals surface area contributed by atoms with Gasteiger partial charge >= 0.3 is 0 Å². The van der Waals surface area contributed by atoms with E-state index in [1.165, 1.54) is 12.1 Å². The highest BCUT2D eigenvalue weighted by molar-refractivity contribution is 7.91. The van der Waals surface area contributed by atoms with Gasteiger partial charge in [-0.3, -0.25) is 4.79 Å². The summed E-state index contributed by atoms with van der Waals surface area (Å²) in [6, 6.07) is 15.2. The molecule has 0 saturated heterocycles. The van der Waals surface area contributed by atoms with Crippen LogP contribution in [0, 0.1) is 5.92 Å². The van der Waals surface area contributed by atoms with E-state index < -0.39 is 27.5 Å². The topological polar surface area (TPSA) is 63.2 Å². The Morgan fingerprint density at radius 1 is 1.09 bits per heavy atom. The van der Waals surface area contributed by atoms with Gasteiger partial charge in [-0.1, -0.05) is 86.4 Å². The zero-order valence-electron chi connectivity index (χ0n) is 19.3. The van der Waals surface area contributed by atoms with Crippen molar-refractivity contribution in [3.05, 3.63) is 81.9 Å². The second-order valence-corrected chi connectivity index (χ2v) is 11.9. The highest BCUT2D eigenvalue weighted by Crippen LogP contribution is 2.44. The molecule has 4 nitrogen and oxygen atoms in total. The lowest BCUT2D eigenvalue weighted by Crippen LogP contribution is -2.56. The summed E-state index contributed by atoms with van der Waals surface area (Å²) in [5.41, 5.74) is 0.323. The summed E-state index contributed by atoms with van der Waals surface area (Å²) in [7, 11) is -3.33. The van der Waals surface area contributed by atoms with Crippen LogP contribution in [0.25, 0.3) is 5.57 Å². The average molecular weight is 524 g/mol. The minimum Gasteiger partial charge on any atom is -0.343 e. The molecule has 0 heterocycles. The Bertz CT molecular complexity index is 1210. The second-order valence-electron chi connectivity index (χ2n) is 8.85. The first-order valence-corrected chi connectivity index (χ1v) is 13.5. The number of allylic oxidation sites excluding steroid dienone is 2. The van der Waals surface area contributed by atoms with Gasteiger partial charge in [0.15, 0.2) is 16.0 Å². The van der Waals surface area contributed by atoms with Gasteiger partial charge in [-0.15, -0.1) is 0 Å². The number of sulfone groups is 1. The van der Waals surface area contributed by atoms with Crippen molar-refractivity contribution in [2.24, 2.45) is 5.92 Å². The fourth-order valence-electron chi connectivity index (χ4n) is 4.18. The van der Waals surface area contributed by atoms with Crippen LogP contribution in [-0.2, 0) is 21.1 Å². The third-order valence-corrected chi connectivity index (χ3v) is 8.17. The highest BCUT2D eigenvalue weighted by Gasteiger charge is 2.45. The maximum Gasteiger partial charge on any atom is 0.225 e. The predicted molar refractivity (Wildman–Crippen MR) is 136 cm³/mol. The molecule has 0 fully saturated rings. The van der Waals surface area contributed by atoms with Gasteiger partial charge in [0, 0.05) is 10.6 Å². The molecule has 1 amide bonds. The molecule has 0 spiro atoms. The van der Waals surface area contributed by atoms with Crippen LogP contribution in [0.1, 0.15) is 38.3 Å². The van der Waals surface area contributed by atoms with E-state index in [9.17, 15) is 13.2 Å². The number of carbonyl (C=O) groups is 1. The van der Waals surface area contributed by atoms with Gasteiger partial charge in [-0.05, 0) is 41.7 Å². The van der Waals surface area contributed by atoms with Crippen LogP contribution >= 0.6 is 23.2 Å². The molecule has 182 valence electrons. The first-order chi connectivity index (χ1) is 16.0. The molecule has 34 heavy (non-hydrogen) atoms. The van der Waals surface area contributed by atoms with E-state index in [2.05, 4.69) is 5.32 Å². The van der Waals surface area contributed by atoms with Crippen LogP contribution < -0.4 is 5.32 Å². The van der Waals surface area contributed by atoms with Crippen LogP contribution in [0.4, 0.5) is 4.39 Å². The molecular weight excluding hydrogens is 496 g/mol. The van der Waals surface area contributed by atoms with Gasteiger partial charge in [0.2, 0.25) is 5.91 Å². The minimum absolute atomic E-state index is 0.00517. The molecule has 1 aliphatic carbocycles. The number of hydrogen-bond donors (Lipinski definition) is 1. The van der Waals surface area contributed by atoms with E-state index in [1.54, 1.807) is 37.3 Å². The molecule has 0 aromatic heterocycles. The molecule has 1 N–H and O–H groups in total. The smallest absolute Gasteiger partial charge is 0.225 e. The van der Waals surface area contributed by atoms with E-state index in [0.29, 0.717) is 23.1 Å². The zero-order chi connectivity index (χ0) is 25.1. The third-order valence-electron chi connectivity index (χ3n) is 5.74. The van der Waals surface area contributed by atoms with Gasteiger partial charge in [0.1, 0.15) is 0 Å². The Morgan fingerprint density at radius 2 is 1.71 bits per heavy atom. The summed E-state index contributed by atoms with van der Waals surface area (Å²) in [6.45, 7) is 5.43. The number of amides is 1. The van der Waals surface area contributed by atoms with Crippen LogP contribution in [0.2, 0.25) is 0 Å². The SMILES string of the molecule is CCS(=O)(=O)c1ccc(CC(=O)NC2(CC(C)C)C=C(Cl)C(c3ccccc3)=C(Cl)C2F)cc1. The predicted octanol–water partition coefficient (Wildman–Crippen LogP) is 6.05. The number of rotatable bonds is 8. The van der Waals surface area contributed by atoms with Crippen LogP contribution in [0.15, 0.2) is 75.6 Å². The Labute approximate surface area is 210 Å². The van der Waals surface area contributed by atoms with Crippen LogP contribution in [-0.4, -0.2) is 31.8 Å². The van der Waals surface area contributed by atoms with Crippen molar-refractivity contribution in [2.45, 2.75) is 50.2 Å². The van der Waals surface area contributed by atoms with E-state index in [4.69, 9.17) is 23.2 Å². The summed E-state index contributed by atoms with van der Waals surface area (Å²) in [5.74, 6) is -0.377. The summed E-state index contributed by atoms with van der Waals surface area (Å²) < 4.78 is 39.9. The first-order valence-electron chi connectivity index (χ1n) is 11.1. The maximum atomic E-state index is 15.9. The van der Waals surface area contributed by atoms with E-state index >= 15 is 4.39 Å². The van der Waals surface area contributed by atoms with Crippen molar-refractivity contribution in [3.63, 3.8) is 0 Å². The van der Waals surface area contributed by atoms with Crippen molar-refractivity contribution in [3.8, 4) is 0 Å². The van der Waals surface area contributed by atoms with Gasteiger partial charge in [-0.25, -0.2) is 12.8 Å². The lowest BCUT2D eigenvalue weighted by molar-refractivity contribution is -0.122. The lowest BCUT2D eigenvalue weighted by Gasteiger charge is -2.40. The summed E-state index contributed by atoms with van der Waals surface area (Å²) in [4.78, 5) is 13.2. The van der Waals surface area contributed by atoms with E-state index in [0.717, 1.165) is 0 Å². The number of hydrogen-bond acceptors (Lipinski definition) is 3. The minimum atomic E-state index is -3.33. The Morgan fingerprint density at radius 3 is 2.26 bits per heavy atom. The van der Waals surface area contributed by atoms with Gasteiger partial charge in [0.25, 0.3) is 0 Å². The second kappa shape index (κ2) is 10.6. The largest absolute Gasteiger partial charge is 0.343 e. The molecule has 0 radical (unpaired) electrons. The van der Waals surface area contributed by atoms with Gasteiger partial charge in [-0.2, -0.15) is 0 Å². The normalized spacial score (nSPS) is 20.9. The van der Waals surface area contributed by atoms with Crippen molar-refractivity contribution in [1.29, 1.82) is 0 Å². The Kier molecular flexibility index (Phi) is 8.27. The van der Waals surface area contributed by atoms with Crippen molar-refractivity contribution in [2.75, 3.05) is 5.75 Å². The fourth-order valence-corrected chi connectivity index (χ4v) is 5.92. The molecule has 2 aromatic rings.